The van der Waals surface area contributed by atoms with Gasteiger partial charge in [0.15, 0.2) is 0 Å². The number of benzene rings is 1. The quantitative estimate of drug-likeness (QED) is 0.580. The molecule has 0 saturated heterocycles. The van der Waals surface area contributed by atoms with E-state index in [0.29, 0.717) is 13.0 Å². The van der Waals surface area contributed by atoms with E-state index < -0.39 is 12.1 Å². The van der Waals surface area contributed by atoms with E-state index in [1.165, 1.54) is 0 Å². The molecule has 0 saturated carbocycles. The predicted octanol–water partition coefficient (Wildman–Crippen LogP) is 2.26. The zero-order valence-corrected chi connectivity index (χ0v) is 16.6. The average molecular weight is 390 g/mol. The van der Waals surface area contributed by atoms with E-state index >= 15 is 0 Å². The van der Waals surface area contributed by atoms with Crippen LogP contribution < -0.4 is 11.1 Å². The van der Waals surface area contributed by atoms with Crippen LogP contribution >= 0.6 is 11.8 Å². The first-order chi connectivity index (χ1) is 13.0. The molecule has 0 fully saturated rings. The van der Waals surface area contributed by atoms with Crippen molar-refractivity contribution >= 4 is 23.7 Å². The fraction of sp³-hybridized carbons (Fsp3) is 0.421. The lowest BCUT2D eigenvalue weighted by Gasteiger charge is -2.24. The number of rotatable bonds is 10. The number of carbonyl (C=O) groups is 2. The van der Waals surface area contributed by atoms with Crippen LogP contribution in [0.15, 0.2) is 36.4 Å². The van der Waals surface area contributed by atoms with E-state index in [0.717, 1.165) is 35.5 Å². The van der Waals surface area contributed by atoms with Crippen molar-refractivity contribution in [1.82, 2.24) is 20.4 Å². The zero-order chi connectivity index (χ0) is 19.6. The van der Waals surface area contributed by atoms with E-state index in [9.17, 15) is 9.59 Å². The van der Waals surface area contributed by atoms with Crippen molar-refractivity contribution in [2.75, 3.05) is 25.6 Å². The largest absolute Gasteiger partial charge is 0.352 e. The lowest BCUT2D eigenvalue weighted by molar-refractivity contribution is -0.132. The second kappa shape index (κ2) is 10.6. The van der Waals surface area contributed by atoms with Gasteiger partial charge in [-0.05, 0) is 37.3 Å². The minimum atomic E-state index is -0.672. The van der Waals surface area contributed by atoms with E-state index in [2.05, 4.69) is 15.5 Å². The number of nitrogens with two attached hydrogens (primary N) is 1. The van der Waals surface area contributed by atoms with E-state index in [1.54, 1.807) is 23.7 Å². The Hall–Kier alpha value is -2.48. The smallest absolute Gasteiger partial charge is 0.312 e. The molecule has 146 valence electrons. The molecule has 0 bridgehead atoms. The normalized spacial score (nSPS) is 11.8. The summed E-state index contributed by atoms with van der Waals surface area (Å²) in [4.78, 5) is 25.3. The number of hydrogen-bond donors (Lipinski definition) is 3. The van der Waals surface area contributed by atoms with E-state index in [1.807, 2.05) is 42.7 Å². The summed E-state index contributed by atoms with van der Waals surface area (Å²) in [5.41, 5.74) is 8.21. The van der Waals surface area contributed by atoms with E-state index in [4.69, 9.17) is 5.73 Å². The summed E-state index contributed by atoms with van der Waals surface area (Å²) in [6.45, 7) is 0.592. The van der Waals surface area contributed by atoms with Crippen LogP contribution in [0, 0.1) is 0 Å². The van der Waals surface area contributed by atoms with Crippen LogP contribution in [0.5, 0.6) is 0 Å². The Kier molecular flexibility index (Phi) is 8.19. The zero-order valence-electron chi connectivity index (χ0n) is 15.8. The summed E-state index contributed by atoms with van der Waals surface area (Å²) in [6.07, 6.45) is 4.11. The first-order valence-corrected chi connectivity index (χ1v) is 10.3. The Morgan fingerprint density at radius 2 is 2.07 bits per heavy atom. The number of carbonyl (C=O) groups excluding carboxylic acids is 2. The number of H-pyrrole nitrogens is 1. The minimum absolute atomic E-state index is 0.113. The lowest BCUT2D eigenvalue weighted by Crippen LogP contribution is -2.49. The average Bonchev–Trinajstić information content (AvgIpc) is 3.13. The van der Waals surface area contributed by atoms with Crippen LogP contribution in [0.1, 0.15) is 18.5 Å². The van der Waals surface area contributed by atoms with Gasteiger partial charge in [0.25, 0.3) is 0 Å². The number of thioether (sulfide) groups is 1. The number of primary amides is 1. The van der Waals surface area contributed by atoms with Crippen LogP contribution in [0.2, 0.25) is 0 Å². The maximum atomic E-state index is 12.5. The van der Waals surface area contributed by atoms with Gasteiger partial charge in [-0.15, -0.1) is 0 Å². The van der Waals surface area contributed by atoms with Crippen LogP contribution in [0.3, 0.4) is 0 Å². The molecule has 0 aliphatic carbocycles. The molecule has 2 aromatic rings. The summed E-state index contributed by atoms with van der Waals surface area (Å²) >= 11 is 1.63. The van der Waals surface area contributed by atoms with Crippen LogP contribution in [-0.2, 0) is 11.2 Å². The van der Waals surface area contributed by atoms with Gasteiger partial charge in [-0.25, -0.2) is 4.79 Å². The van der Waals surface area contributed by atoms with Gasteiger partial charge in [0.1, 0.15) is 6.04 Å². The fourth-order valence-corrected chi connectivity index (χ4v) is 3.27. The molecule has 1 aromatic heterocycles. The maximum absolute atomic E-state index is 12.5. The molecule has 27 heavy (non-hydrogen) atoms. The van der Waals surface area contributed by atoms with Crippen molar-refractivity contribution in [3.8, 4) is 11.3 Å². The number of hydrogen-bond acceptors (Lipinski definition) is 4. The van der Waals surface area contributed by atoms with Gasteiger partial charge in [-0.1, -0.05) is 30.3 Å². The van der Waals surface area contributed by atoms with Gasteiger partial charge >= 0.3 is 6.03 Å². The highest BCUT2D eigenvalue weighted by molar-refractivity contribution is 7.98. The van der Waals surface area contributed by atoms with Crippen molar-refractivity contribution in [3.05, 3.63) is 42.1 Å². The monoisotopic (exact) mass is 389 g/mol. The molecule has 0 radical (unpaired) electrons. The van der Waals surface area contributed by atoms with Crippen molar-refractivity contribution in [3.63, 3.8) is 0 Å². The summed E-state index contributed by atoms with van der Waals surface area (Å²) in [5, 5.41) is 9.94. The molecule has 0 aliphatic heterocycles. The molecular formula is C19H27N5O2S. The second-order valence-electron chi connectivity index (χ2n) is 6.35. The number of aryl methyl sites for hydroxylation is 1. The number of nitrogens with one attached hydrogen (secondary N) is 2. The van der Waals surface area contributed by atoms with Crippen molar-refractivity contribution in [1.29, 1.82) is 0 Å². The highest BCUT2D eigenvalue weighted by Crippen LogP contribution is 2.17. The summed E-state index contributed by atoms with van der Waals surface area (Å²) in [6, 6.07) is 10.8. The third-order valence-corrected chi connectivity index (χ3v) is 4.89. The predicted molar refractivity (Wildman–Crippen MR) is 109 cm³/mol. The number of aromatic nitrogens is 2. The molecule has 0 aliphatic rings. The molecule has 1 aromatic carbocycles. The molecule has 2 rings (SSSR count). The molecule has 3 amide bonds. The highest BCUT2D eigenvalue weighted by atomic mass is 32.2. The van der Waals surface area contributed by atoms with Gasteiger partial charge in [-0.3, -0.25) is 9.89 Å². The third kappa shape index (κ3) is 6.63. The number of likely N-dealkylation sites (N-methyl/N-ethyl adjacent to an activating group) is 1. The SMILES string of the molecule is CSCCC(NC(N)=O)C(=O)N(C)CCCc1cc(-c2ccccc2)n[nH]1. The minimum Gasteiger partial charge on any atom is -0.352 e. The van der Waals surface area contributed by atoms with Crippen LogP contribution in [0.25, 0.3) is 11.3 Å². The van der Waals surface area contributed by atoms with Gasteiger partial charge in [-0.2, -0.15) is 16.9 Å². The van der Waals surface area contributed by atoms with Gasteiger partial charge in [0.2, 0.25) is 5.91 Å². The molecule has 7 nitrogen and oxygen atoms in total. The van der Waals surface area contributed by atoms with Crippen LogP contribution in [0.4, 0.5) is 4.79 Å². The Bertz CT molecular complexity index is 735. The topological polar surface area (TPSA) is 104 Å². The summed E-state index contributed by atoms with van der Waals surface area (Å²) in [5.74, 6) is 0.665. The second-order valence-corrected chi connectivity index (χ2v) is 7.34. The van der Waals surface area contributed by atoms with Gasteiger partial charge in [0.05, 0.1) is 5.69 Å². The number of aromatic amines is 1. The van der Waals surface area contributed by atoms with E-state index in [-0.39, 0.29) is 5.91 Å². The first kappa shape index (κ1) is 20.8. The molecule has 0 spiro atoms. The summed E-state index contributed by atoms with van der Waals surface area (Å²) in [7, 11) is 1.75. The number of nitrogens with zero attached hydrogens (tertiary/aromatic N) is 2. The maximum Gasteiger partial charge on any atom is 0.312 e. The number of urea groups is 1. The molecular weight excluding hydrogens is 362 g/mol. The molecule has 1 heterocycles. The van der Waals surface area contributed by atoms with Crippen molar-refractivity contribution in [2.24, 2.45) is 5.73 Å². The molecule has 1 unspecified atom stereocenters. The molecule has 8 heteroatoms. The number of amides is 3. The Balaban J connectivity index is 1.84. The van der Waals surface area contributed by atoms with Crippen LogP contribution in [-0.4, -0.2) is 58.7 Å². The summed E-state index contributed by atoms with van der Waals surface area (Å²) < 4.78 is 0. The highest BCUT2D eigenvalue weighted by Gasteiger charge is 2.22. The van der Waals surface area contributed by atoms with Crippen molar-refractivity contribution in [2.45, 2.75) is 25.3 Å². The lowest BCUT2D eigenvalue weighted by atomic mass is 10.1. The third-order valence-electron chi connectivity index (χ3n) is 4.24. The van der Waals surface area contributed by atoms with Gasteiger partial charge < -0.3 is 16.0 Å². The first-order valence-electron chi connectivity index (χ1n) is 8.91. The Morgan fingerprint density at radius 3 is 2.74 bits per heavy atom. The molecule has 1 atom stereocenters. The van der Waals surface area contributed by atoms with Gasteiger partial charge in [0, 0.05) is 24.8 Å². The Morgan fingerprint density at radius 1 is 1.33 bits per heavy atom. The van der Waals surface area contributed by atoms with Crippen molar-refractivity contribution < 1.29 is 9.59 Å². The fourth-order valence-electron chi connectivity index (χ4n) is 2.79. The Labute approximate surface area is 164 Å². The standard InChI is InChI=1S/C19H27N5O2S/c1-24(18(25)16(10-12-27-2)21-19(20)26)11-6-9-15-13-17(23-22-15)14-7-4-3-5-8-14/h3-5,7-8,13,16H,6,9-12H2,1-2H3,(H,22,23)(H3,20,21,26). The molecule has 4 N–H and O–H groups in total.